The fourth-order valence-electron chi connectivity index (χ4n) is 2.61. The Kier molecular flexibility index (Phi) is 6.12. The number of halogens is 2. The Bertz CT molecular complexity index is 489. The molecule has 0 saturated carbocycles. The van der Waals surface area contributed by atoms with Gasteiger partial charge in [-0.1, -0.05) is 12.1 Å². The van der Waals surface area contributed by atoms with E-state index in [2.05, 4.69) is 5.32 Å². The minimum absolute atomic E-state index is 0.150. The molecule has 1 fully saturated rings. The molecule has 0 radical (unpaired) electrons. The van der Waals surface area contributed by atoms with Crippen LogP contribution in [0, 0.1) is 5.92 Å². The van der Waals surface area contributed by atoms with Crippen LogP contribution >= 0.6 is 0 Å². The summed E-state index contributed by atoms with van der Waals surface area (Å²) in [5, 5.41) is 2.82. The molecule has 0 aromatic heterocycles. The number of ether oxygens (including phenoxy) is 1. The molecule has 1 heterocycles. The topological polar surface area (TPSA) is 41.6 Å². The summed E-state index contributed by atoms with van der Waals surface area (Å²) in [6.07, 6.45) is -1.37. The number of nitrogens with one attached hydrogen (secondary N) is 1. The van der Waals surface area contributed by atoms with Gasteiger partial charge in [0.2, 0.25) is 12.3 Å². The van der Waals surface area contributed by atoms with Gasteiger partial charge in [0.15, 0.2) is 0 Å². The Morgan fingerprint density at radius 1 is 1.36 bits per heavy atom. The maximum absolute atomic E-state index is 12.6. The average molecular weight is 312 g/mol. The van der Waals surface area contributed by atoms with Crippen LogP contribution in [0.3, 0.4) is 0 Å². The highest BCUT2D eigenvalue weighted by molar-refractivity contribution is 5.93. The third-order valence-corrected chi connectivity index (χ3v) is 3.82. The Hall–Kier alpha value is -1.69. The normalized spacial score (nSPS) is 16.7. The van der Waals surface area contributed by atoms with Crippen LogP contribution in [-0.2, 0) is 4.79 Å². The van der Waals surface area contributed by atoms with E-state index < -0.39 is 12.3 Å². The maximum Gasteiger partial charge on any atom is 0.241 e. The van der Waals surface area contributed by atoms with E-state index in [9.17, 15) is 13.6 Å². The van der Waals surface area contributed by atoms with Crippen LogP contribution < -0.4 is 10.1 Å². The highest BCUT2D eigenvalue weighted by atomic mass is 19.3. The lowest BCUT2D eigenvalue weighted by Gasteiger charge is -2.30. The number of nitrogens with zero attached hydrogens (tertiary/aromatic N) is 1. The number of likely N-dealkylation sites (tertiary alicyclic amines) is 1. The molecule has 1 aromatic rings. The molecule has 1 amide bonds. The molecule has 1 N–H and O–H groups in total. The molecule has 2 rings (SSSR count). The summed E-state index contributed by atoms with van der Waals surface area (Å²) < 4.78 is 30.7. The Balaban J connectivity index is 1.84. The minimum Gasteiger partial charge on any atom is -0.492 e. The zero-order valence-corrected chi connectivity index (χ0v) is 12.7. The Morgan fingerprint density at radius 3 is 2.68 bits per heavy atom. The first-order valence-corrected chi connectivity index (χ1v) is 7.62. The summed E-state index contributed by atoms with van der Waals surface area (Å²) >= 11 is 0. The van der Waals surface area contributed by atoms with Gasteiger partial charge in [-0.05, 0) is 45.0 Å². The van der Waals surface area contributed by atoms with E-state index >= 15 is 0 Å². The first kappa shape index (κ1) is 16.7. The van der Waals surface area contributed by atoms with Crippen molar-refractivity contribution in [2.24, 2.45) is 5.92 Å². The molecule has 0 spiro atoms. The van der Waals surface area contributed by atoms with E-state index in [1.807, 2.05) is 24.0 Å². The van der Waals surface area contributed by atoms with Gasteiger partial charge in [0.25, 0.3) is 0 Å². The number of carbonyl (C=O) groups is 1. The van der Waals surface area contributed by atoms with E-state index in [1.54, 1.807) is 12.1 Å². The summed E-state index contributed by atoms with van der Waals surface area (Å²) in [7, 11) is 0. The molecule has 1 aliphatic rings. The molecule has 0 bridgehead atoms. The third kappa shape index (κ3) is 4.66. The highest BCUT2D eigenvalue weighted by Crippen LogP contribution is 2.25. The number of benzene rings is 1. The van der Waals surface area contributed by atoms with Crippen LogP contribution in [0.15, 0.2) is 24.3 Å². The van der Waals surface area contributed by atoms with Crippen molar-refractivity contribution >= 4 is 11.6 Å². The largest absolute Gasteiger partial charge is 0.492 e. The number of hydrogen-bond donors (Lipinski definition) is 1. The average Bonchev–Trinajstić information content (AvgIpc) is 2.50. The fraction of sp³-hybridized carbons (Fsp3) is 0.562. The van der Waals surface area contributed by atoms with Crippen molar-refractivity contribution in [1.29, 1.82) is 0 Å². The molecule has 6 heteroatoms. The van der Waals surface area contributed by atoms with Crippen LogP contribution in [0.5, 0.6) is 5.75 Å². The molecule has 0 atom stereocenters. The van der Waals surface area contributed by atoms with Gasteiger partial charge < -0.3 is 10.1 Å². The molecule has 122 valence electrons. The molecule has 1 aliphatic heterocycles. The fourth-order valence-corrected chi connectivity index (χ4v) is 2.61. The van der Waals surface area contributed by atoms with E-state index in [0.717, 1.165) is 0 Å². The number of para-hydroxylation sites is 2. The SMILES string of the molecule is CCOc1ccccc1NC(=O)CN1CCC(C(F)F)CC1. The second kappa shape index (κ2) is 8.08. The smallest absolute Gasteiger partial charge is 0.241 e. The lowest BCUT2D eigenvalue weighted by molar-refractivity contribution is -0.117. The lowest BCUT2D eigenvalue weighted by atomic mass is 9.97. The van der Waals surface area contributed by atoms with Crippen molar-refractivity contribution in [3.05, 3.63) is 24.3 Å². The number of alkyl halides is 2. The van der Waals surface area contributed by atoms with E-state index in [-0.39, 0.29) is 12.5 Å². The molecule has 0 aliphatic carbocycles. The minimum atomic E-state index is -2.26. The summed E-state index contributed by atoms with van der Waals surface area (Å²) in [6.45, 7) is 3.70. The van der Waals surface area contributed by atoms with Crippen molar-refractivity contribution in [2.45, 2.75) is 26.2 Å². The Morgan fingerprint density at radius 2 is 2.05 bits per heavy atom. The van der Waals surface area contributed by atoms with Crippen LogP contribution in [0.4, 0.5) is 14.5 Å². The quantitative estimate of drug-likeness (QED) is 0.878. The Labute approximate surface area is 129 Å². The van der Waals surface area contributed by atoms with E-state index in [4.69, 9.17) is 4.74 Å². The zero-order valence-electron chi connectivity index (χ0n) is 12.7. The van der Waals surface area contributed by atoms with Gasteiger partial charge in [-0.2, -0.15) is 0 Å². The van der Waals surface area contributed by atoms with Gasteiger partial charge in [-0.25, -0.2) is 8.78 Å². The number of hydrogen-bond acceptors (Lipinski definition) is 3. The van der Waals surface area contributed by atoms with Crippen LogP contribution in [0.2, 0.25) is 0 Å². The van der Waals surface area contributed by atoms with Gasteiger partial charge in [-0.15, -0.1) is 0 Å². The molecular weight excluding hydrogens is 290 g/mol. The molecular formula is C16H22F2N2O2. The van der Waals surface area contributed by atoms with Crippen molar-refractivity contribution in [2.75, 3.05) is 31.6 Å². The van der Waals surface area contributed by atoms with Gasteiger partial charge in [0.05, 0.1) is 18.8 Å². The van der Waals surface area contributed by atoms with Crippen molar-refractivity contribution < 1.29 is 18.3 Å². The van der Waals surface area contributed by atoms with Gasteiger partial charge in [-0.3, -0.25) is 9.69 Å². The lowest BCUT2D eigenvalue weighted by Crippen LogP contribution is -2.40. The summed E-state index contributed by atoms with van der Waals surface area (Å²) in [5.41, 5.74) is 0.636. The number of piperidine rings is 1. The third-order valence-electron chi connectivity index (χ3n) is 3.82. The monoisotopic (exact) mass is 312 g/mol. The molecule has 0 unspecified atom stereocenters. The molecule has 4 nitrogen and oxygen atoms in total. The van der Waals surface area contributed by atoms with Gasteiger partial charge >= 0.3 is 0 Å². The van der Waals surface area contributed by atoms with E-state index in [1.165, 1.54) is 0 Å². The summed E-state index contributed by atoms with van der Waals surface area (Å²) in [4.78, 5) is 14.0. The van der Waals surface area contributed by atoms with Gasteiger partial charge in [0, 0.05) is 5.92 Å². The summed E-state index contributed by atoms with van der Waals surface area (Å²) in [6, 6.07) is 7.25. The highest BCUT2D eigenvalue weighted by Gasteiger charge is 2.26. The predicted molar refractivity (Wildman–Crippen MR) is 81.4 cm³/mol. The second-order valence-electron chi connectivity index (χ2n) is 5.43. The van der Waals surface area contributed by atoms with Crippen LogP contribution in [0.25, 0.3) is 0 Å². The summed E-state index contributed by atoms with van der Waals surface area (Å²) in [5.74, 6) is -0.0459. The standard InChI is InChI=1S/C16H22F2N2O2/c1-2-22-14-6-4-3-5-13(14)19-15(21)11-20-9-7-12(8-10-20)16(17)18/h3-6,12,16H,2,7-11H2,1H3,(H,19,21). The van der Waals surface area contributed by atoms with Crippen molar-refractivity contribution in [1.82, 2.24) is 4.90 Å². The predicted octanol–water partition coefficient (Wildman–Crippen LogP) is 3.00. The van der Waals surface area contributed by atoms with Crippen molar-refractivity contribution in [3.8, 4) is 5.75 Å². The first-order chi connectivity index (χ1) is 10.6. The van der Waals surface area contributed by atoms with Crippen LogP contribution in [-0.4, -0.2) is 43.5 Å². The number of anilines is 1. The maximum atomic E-state index is 12.6. The number of amides is 1. The van der Waals surface area contributed by atoms with Crippen LogP contribution in [0.1, 0.15) is 19.8 Å². The van der Waals surface area contributed by atoms with E-state index in [0.29, 0.717) is 44.0 Å². The van der Waals surface area contributed by atoms with Gasteiger partial charge in [0.1, 0.15) is 5.75 Å². The van der Waals surface area contributed by atoms with Crippen molar-refractivity contribution in [3.63, 3.8) is 0 Å². The molecule has 1 aromatic carbocycles. The number of rotatable bonds is 6. The first-order valence-electron chi connectivity index (χ1n) is 7.62. The molecule has 1 saturated heterocycles. The second-order valence-corrected chi connectivity index (χ2v) is 5.43. The number of carbonyl (C=O) groups excluding carboxylic acids is 1. The molecule has 22 heavy (non-hydrogen) atoms. The zero-order chi connectivity index (χ0) is 15.9.